The lowest BCUT2D eigenvalue weighted by atomic mass is 10.2. The number of nitrogens with zero attached hydrogens (tertiary/aromatic N) is 2. The van der Waals surface area contributed by atoms with E-state index in [2.05, 4.69) is 10.3 Å². The first-order chi connectivity index (χ1) is 11.4. The third-order valence-corrected chi connectivity index (χ3v) is 4.65. The van der Waals surface area contributed by atoms with Crippen molar-refractivity contribution in [2.75, 3.05) is 13.6 Å². The third kappa shape index (κ3) is 4.55. The Morgan fingerprint density at radius 2 is 1.96 bits per heavy atom. The summed E-state index contributed by atoms with van der Waals surface area (Å²) in [6.07, 6.45) is 0. The number of rotatable bonds is 6. The Bertz CT molecular complexity index is 702. The average molecular weight is 347 g/mol. The van der Waals surface area contributed by atoms with E-state index in [0.29, 0.717) is 0 Å². The van der Waals surface area contributed by atoms with Crippen molar-refractivity contribution in [3.63, 3.8) is 0 Å². The lowest BCUT2D eigenvalue weighted by molar-refractivity contribution is -0.141. The van der Waals surface area contributed by atoms with Gasteiger partial charge in [-0.25, -0.2) is 9.78 Å². The quantitative estimate of drug-likeness (QED) is 0.840. The van der Waals surface area contributed by atoms with E-state index in [4.69, 9.17) is 5.11 Å². The lowest BCUT2D eigenvalue weighted by Crippen LogP contribution is -2.41. The summed E-state index contributed by atoms with van der Waals surface area (Å²) in [6, 6.07) is 9.28. The van der Waals surface area contributed by atoms with Gasteiger partial charge in [-0.1, -0.05) is 37.3 Å². The number of nitrogens with one attached hydrogen (secondary N) is 1. The summed E-state index contributed by atoms with van der Waals surface area (Å²) in [5, 5.41) is 14.5. The minimum Gasteiger partial charge on any atom is -0.481 e. The molecule has 0 fully saturated rings. The number of aliphatic carboxylic acids is 1. The van der Waals surface area contributed by atoms with Crippen molar-refractivity contribution >= 4 is 23.3 Å². The maximum Gasteiger partial charge on any atom is 0.317 e. The molecule has 24 heavy (non-hydrogen) atoms. The number of thiazole rings is 1. The Morgan fingerprint density at radius 1 is 1.29 bits per heavy atom. The summed E-state index contributed by atoms with van der Waals surface area (Å²) >= 11 is 1.49. The van der Waals surface area contributed by atoms with Crippen LogP contribution in [0.15, 0.2) is 35.7 Å². The topological polar surface area (TPSA) is 82.5 Å². The molecule has 0 bridgehead atoms. The highest BCUT2D eigenvalue weighted by molar-refractivity contribution is 7.10. The van der Waals surface area contributed by atoms with E-state index in [1.54, 1.807) is 14.0 Å². The average Bonchev–Trinajstić information content (AvgIpc) is 3.05. The molecule has 7 heteroatoms. The van der Waals surface area contributed by atoms with E-state index in [1.165, 1.54) is 16.2 Å². The summed E-state index contributed by atoms with van der Waals surface area (Å²) < 4.78 is 0. The number of hydrogen-bond donors (Lipinski definition) is 2. The van der Waals surface area contributed by atoms with Gasteiger partial charge in [0.15, 0.2) is 0 Å². The van der Waals surface area contributed by atoms with Crippen molar-refractivity contribution < 1.29 is 14.7 Å². The van der Waals surface area contributed by atoms with Gasteiger partial charge in [-0.3, -0.25) is 4.79 Å². The molecule has 2 unspecified atom stereocenters. The number of aromatic nitrogens is 1. The van der Waals surface area contributed by atoms with E-state index in [-0.39, 0.29) is 18.6 Å². The van der Waals surface area contributed by atoms with Crippen molar-refractivity contribution in [2.45, 2.75) is 19.9 Å². The lowest BCUT2D eigenvalue weighted by Gasteiger charge is -2.22. The molecule has 128 valence electrons. The van der Waals surface area contributed by atoms with Crippen LogP contribution in [-0.4, -0.2) is 40.6 Å². The molecule has 1 heterocycles. The molecule has 0 spiro atoms. The molecular weight excluding hydrogens is 326 g/mol. The van der Waals surface area contributed by atoms with Crippen LogP contribution in [0.25, 0.3) is 11.3 Å². The first kappa shape index (κ1) is 17.9. The number of carboxylic acids is 1. The molecule has 0 saturated heterocycles. The highest BCUT2D eigenvalue weighted by atomic mass is 32.1. The van der Waals surface area contributed by atoms with E-state index in [0.717, 1.165) is 16.3 Å². The standard InChI is InChI=1S/C17H21N3O3S/c1-11(16(21)22)9-20(3)17(23)18-12(2)15-19-14(10-24-15)13-7-5-4-6-8-13/h4-8,10-12H,9H2,1-3H3,(H,18,23)(H,21,22). The van der Waals surface area contributed by atoms with Gasteiger partial charge in [0.05, 0.1) is 17.7 Å². The maximum atomic E-state index is 12.2. The summed E-state index contributed by atoms with van der Waals surface area (Å²) in [5.41, 5.74) is 1.91. The van der Waals surface area contributed by atoms with Gasteiger partial charge in [0, 0.05) is 24.5 Å². The predicted molar refractivity (Wildman–Crippen MR) is 93.9 cm³/mol. The molecule has 2 N–H and O–H groups in total. The van der Waals surface area contributed by atoms with Crippen LogP contribution in [-0.2, 0) is 4.79 Å². The Balaban J connectivity index is 1.97. The zero-order chi connectivity index (χ0) is 17.7. The van der Waals surface area contributed by atoms with Crippen LogP contribution in [0.3, 0.4) is 0 Å². The molecule has 2 rings (SSSR count). The van der Waals surface area contributed by atoms with Gasteiger partial charge in [-0.15, -0.1) is 11.3 Å². The second kappa shape index (κ2) is 7.92. The van der Waals surface area contributed by atoms with Gasteiger partial charge in [-0.2, -0.15) is 0 Å². The maximum absolute atomic E-state index is 12.2. The molecule has 6 nitrogen and oxygen atoms in total. The Hall–Kier alpha value is -2.41. The molecule has 1 aromatic heterocycles. The fourth-order valence-corrected chi connectivity index (χ4v) is 2.99. The minimum atomic E-state index is -0.921. The number of urea groups is 1. The van der Waals surface area contributed by atoms with Crippen LogP contribution in [0.4, 0.5) is 4.79 Å². The first-order valence-corrected chi connectivity index (χ1v) is 8.51. The smallest absolute Gasteiger partial charge is 0.317 e. The second-order valence-electron chi connectivity index (χ2n) is 5.73. The van der Waals surface area contributed by atoms with Crippen LogP contribution < -0.4 is 5.32 Å². The number of carboxylic acid groups (broad SMARTS) is 1. The highest BCUT2D eigenvalue weighted by Gasteiger charge is 2.20. The molecule has 0 aliphatic carbocycles. The highest BCUT2D eigenvalue weighted by Crippen LogP contribution is 2.25. The van der Waals surface area contributed by atoms with Gasteiger partial charge in [0.2, 0.25) is 0 Å². The largest absolute Gasteiger partial charge is 0.481 e. The molecule has 2 aromatic rings. The summed E-state index contributed by atoms with van der Waals surface area (Å²) in [6.45, 7) is 3.59. The zero-order valence-corrected chi connectivity index (χ0v) is 14.7. The van der Waals surface area contributed by atoms with E-state index < -0.39 is 11.9 Å². The van der Waals surface area contributed by atoms with Crippen molar-refractivity contribution in [3.05, 3.63) is 40.7 Å². The van der Waals surface area contributed by atoms with Crippen LogP contribution in [0.1, 0.15) is 24.9 Å². The number of hydrogen-bond acceptors (Lipinski definition) is 4. The molecule has 2 atom stereocenters. The van der Waals surface area contributed by atoms with E-state index in [9.17, 15) is 9.59 Å². The molecule has 0 aliphatic heterocycles. The SMILES string of the molecule is CC(CN(C)C(=O)NC(C)c1nc(-c2ccccc2)cs1)C(=O)O. The van der Waals surface area contributed by atoms with Gasteiger partial charge in [-0.05, 0) is 6.92 Å². The molecular formula is C17H21N3O3S. The zero-order valence-electron chi connectivity index (χ0n) is 13.9. The number of carbonyl (C=O) groups excluding carboxylic acids is 1. The molecule has 0 radical (unpaired) electrons. The third-order valence-electron chi connectivity index (χ3n) is 3.62. The van der Waals surface area contributed by atoms with Crippen LogP contribution in [0.5, 0.6) is 0 Å². The van der Waals surface area contributed by atoms with Gasteiger partial charge >= 0.3 is 12.0 Å². The fourth-order valence-electron chi connectivity index (χ4n) is 2.16. The van der Waals surface area contributed by atoms with Crippen molar-refractivity contribution in [1.29, 1.82) is 0 Å². The normalized spacial score (nSPS) is 13.1. The van der Waals surface area contributed by atoms with Gasteiger partial charge < -0.3 is 15.3 Å². The Morgan fingerprint density at radius 3 is 2.58 bits per heavy atom. The predicted octanol–water partition coefficient (Wildman–Crippen LogP) is 3.23. The minimum absolute atomic E-state index is 0.154. The molecule has 0 aliphatic rings. The fraction of sp³-hybridized carbons (Fsp3) is 0.353. The second-order valence-corrected chi connectivity index (χ2v) is 6.62. The van der Waals surface area contributed by atoms with E-state index in [1.807, 2.05) is 42.6 Å². The first-order valence-electron chi connectivity index (χ1n) is 7.63. The Kier molecular flexibility index (Phi) is 5.92. The van der Waals surface area contributed by atoms with E-state index >= 15 is 0 Å². The van der Waals surface area contributed by atoms with Crippen molar-refractivity contribution in [3.8, 4) is 11.3 Å². The summed E-state index contributed by atoms with van der Waals surface area (Å²) in [7, 11) is 1.58. The van der Waals surface area contributed by atoms with Crippen LogP contribution >= 0.6 is 11.3 Å². The van der Waals surface area contributed by atoms with Gasteiger partial charge in [0.1, 0.15) is 5.01 Å². The molecule has 2 amide bonds. The van der Waals surface area contributed by atoms with Crippen molar-refractivity contribution in [1.82, 2.24) is 15.2 Å². The monoisotopic (exact) mass is 347 g/mol. The van der Waals surface area contributed by atoms with Crippen molar-refractivity contribution in [2.24, 2.45) is 5.92 Å². The summed E-state index contributed by atoms with van der Waals surface area (Å²) in [5.74, 6) is -1.53. The van der Waals surface area contributed by atoms with Crippen LogP contribution in [0, 0.1) is 5.92 Å². The number of carbonyl (C=O) groups is 2. The Labute approximate surface area is 145 Å². The number of benzene rings is 1. The molecule has 1 aromatic carbocycles. The number of amides is 2. The van der Waals surface area contributed by atoms with Gasteiger partial charge in [0.25, 0.3) is 0 Å². The molecule has 0 saturated carbocycles. The summed E-state index contributed by atoms with van der Waals surface area (Å²) in [4.78, 5) is 29.0. The van der Waals surface area contributed by atoms with Crippen LogP contribution in [0.2, 0.25) is 0 Å².